The van der Waals surface area contributed by atoms with Crippen LogP contribution in [0, 0.1) is 0 Å². The summed E-state index contributed by atoms with van der Waals surface area (Å²) in [5.74, 6) is 0.847. The lowest BCUT2D eigenvalue weighted by molar-refractivity contribution is 0.122. The van der Waals surface area contributed by atoms with E-state index in [0.717, 1.165) is 17.8 Å². The largest absolute Gasteiger partial charge is 0.371 e. The average molecular weight is 474 g/mol. The van der Waals surface area contributed by atoms with Crippen molar-refractivity contribution in [1.29, 1.82) is 0 Å². The number of halogens is 3. The molecule has 1 aliphatic rings. The van der Waals surface area contributed by atoms with Crippen molar-refractivity contribution in [2.75, 3.05) is 37.3 Å². The number of fused-ring (bicyclic) bond motifs is 2. The minimum atomic E-state index is -2.57. The average Bonchev–Trinajstić information content (AvgIpc) is 3.43. The summed E-state index contributed by atoms with van der Waals surface area (Å²) >= 11 is 0. The van der Waals surface area contributed by atoms with Gasteiger partial charge in [0.1, 0.15) is 23.7 Å². The van der Waals surface area contributed by atoms with E-state index in [9.17, 15) is 13.2 Å². The van der Waals surface area contributed by atoms with E-state index in [1.807, 2.05) is 13.0 Å². The van der Waals surface area contributed by atoms with Gasteiger partial charge in [-0.05, 0) is 31.2 Å². The van der Waals surface area contributed by atoms with Crippen molar-refractivity contribution in [2.45, 2.75) is 38.5 Å². The summed E-state index contributed by atoms with van der Waals surface area (Å²) in [5, 5.41) is 18.4. The molecule has 180 valence electrons. The zero-order valence-corrected chi connectivity index (χ0v) is 18.8. The smallest absolute Gasteiger partial charge is 0.258 e. The lowest BCUT2D eigenvalue weighted by atomic mass is 10.0. The molecule has 5 heterocycles. The number of piperidine rings is 1. The number of likely N-dealkylation sites (tertiary alicyclic amines) is 1. The molecule has 0 spiro atoms. The van der Waals surface area contributed by atoms with Crippen LogP contribution in [0.3, 0.4) is 0 Å². The van der Waals surface area contributed by atoms with Gasteiger partial charge in [0, 0.05) is 31.9 Å². The summed E-state index contributed by atoms with van der Waals surface area (Å²) in [6, 6.07) is 4.89. The van der Waals surface area contributed by atoms with Crippen LogP contribution in [0.5, 0.6) is 0 Å². The van der Waals surface area contributed by atoms with Gasteiger partial charge in [0.2, 0.25) is 5.95 Å². The van der Waals surface area contributed by atoms with E-state index in [1.54, 1.807) is 29.9 Å². The molecule has 0 saturated carbocycles. The number of pyridine rings is 1. The van der Waals surface area contributed by atoms with Gasteiger partial charge in [-0.15, -0.1) is 10.2 Å². The minimum Gasteiger partial charge on any atom is -0.371 e. The first-order valence-electron chi connectivity index (χ1n) is 11.2. The molecule has 4 aromatic rings. The second-order valence-electron chi connectivity index (χ2n) is 8.21. The van der Waals surface area contributed by atoms with Gasteiger partial charge in [0.05, 0.1) is 11.7 Å². The molecule has 2 unspecified atom stereocenters. The summed E-state index contributed by atoms with van der Waals surface area (Å²) in [4.78, 5) is 11.2. The van der Waals surface area contributed by atoms with Crippen molar-refractivity contribution in [1.82, 2.24) is 39.5 Å². The fourth-order valence-corrected chi connectivity index (χ4v) is 4.31. The predicted molar refractivity (Wildman–Crippen MR) is 122 cm³/mol. The van der Waals surface area contributed by atoms with Crippen LogP contribution < -0.4 is 10.6 Å². The quantitative estimate of drug-likeness (QED) is 0.422. The Morgan fingerprint density at radius 3 is 2.79 bits per heavy atom. The molecule has 0 amide bonds. The van der Waals surface area contributed by atoms with Crippen LogP contribution in [-0.2, 0) is 6.54 Å². The van der Waals surface area contributed by atoms with Crippen LogP contribution in [0.2, 0.25) is 0 Å². The second kappa shape index (κ2) is 9.05. The molecule has 4 aromatic heterocycles. The third-order valence-electron chi connectivity index (χ3n) is 6.08. The van der Waals surface area contributed by atoms with Gasteiger partial charge in [0.15, 0.2) is 11.5 Å². The fourth-order valence-electron chi connectivity index (χ4n) is 4.31. The van der Waals surface area contributed by atoms with Crippen LogP contribution in [0.25, 0.3) is 27.9 Å². The number of rotatable bonds is 7. The molecular formula is C21H25F3N10. The van der Waals surface area contributed by atoms with Gasteiger partial charge in [-0.2, -0.15) is 4.98 Å². The molecule has 1 fully saturated rings. The highest BCUT2D eigenvalue weighted by Crippen LogP contribution is 2.30. The lowest BCUT2D eigenvalue weighted by Crippen LogP contribution is -2.47. The van der Waals surface area contributed by atoms with Crippen LogP contribution >= 0.6 is 0 Å². The Bertz CT molecular complexity index is 1300. The highest BCUT2D eigenvalue weighted by Gasteiger charge is 2.29. The normalized spacial score (nSPS) is 19.4. The van der Waals surface area contributed by atoms with Crippen molar-refractivity contribution in [3.05, 3.63) is 24.4 Å². The molecule has 10 nitrogen and oxygen atoms in total. The maximum atomic E-state index is 14.7. The van der Waals surface area contributed by atoms with Crippen LogP contribution in [-0.4, -0.2) is 84.8 Å². The third kappa shape index (κ3) is 4.11. The molecule has 0 aromatic carbocycles. The van der Waals surface area contributed by atoms with Crippen LogP contribution in [0.4, 0.5) is 24.9 Å². The Balaban J connectivity index is 1.48. The third-order valence-corrected chi connectivity index (χ3v) is 6.08. The number of anilines is 2. The molecule has 2 N–H and O–H groups in total. The van der Waals surface area contributed by atoms with E-state index >= 15 is 0 Å². The van der Waals surface area contributed by atoms with E-state index in [4.69, 9.17) is 0 Å². The molecular weight excluding hydrogens is 449 g/mol. The van der Waals surface area contributed by atoms with Gasteiger partial charge in [-0.3, -0.25) is 0 Å². The summed E-state index contributed by atoms with van der Waals surface area (Å²) in [6.07, 6.45) is -1.18. The van der Waals surface area contributed by atoms with Gasteiger partial charge in [-0.25, -0.2) is 27.4 Å². The van der Waals surface area contributed by atoms with Crippen molar-refractivity contribution in [3.63, 3.8) is 0 Å². The number of hydrogen-bond donors (Lipinski definition) is 2. The number of nitrogens with zero attached hydrogens (tertiary/aromatic N) is 8. The van der Waals surface area contributed by atoms with E-state index < -0.39 is 19.1 Å². The number of hydrogen-bond acceptors (Lipinski definition) is 8. The molecule has 34 heavy (non-hydrogen) atoms. The molecule has 5 rings (SSSR count). The Labute approximate surface area is 193 Å². The van der Waals surface area contributed by atoms with Gasteiger partial charge >= 0.3 is 0 Å². The molecule has 1 saturated heterocycles. The Morgan fingerprint density at radius 2 is 2.06 bits per heavy atom. The predicted octanol–water partition coefficient (Wildman–Crippen LogP) is 2.69. The first kappa shape index (κ1) is 22.3. The minimum absolute atomic E-state index is 0.273. The molecule has 2 atom stereocenters. The zero-order valence-electron chi connectivity index (χ0n) is 18.8. The number of aromatic nitrogens is 7. The topological polar surface area (TPSA) is 101 Å². The Kier molecular flexibility index (Phi) is 5.94. The van der Waals surface area contributed by atoms with Crippen molar-refractivity contribution >= 4 is 28.4 Å². The maximum Gasteiger partial charge on any atom is 0.258 e. The van der Waals surface area contributed by atoms with Crippen LogP contribution in [0.1, 0.15) is 13.3 Å². The zero-order chi connectivity index (χ0) is 23.8. The fraction of sp³-hybridized carbons (Fsp3) is 0.476. The maximum absolute atomic E-state index is 14.7. The first-order chi connectivity index (χ1) is 16.5. The SMILES string of the molecule is CCN1CCC(Nc2nc(NC)c3c(-c4ccc5nnn(CC(F)F)c5n4)ccn3n2)C(F)C1. The van der Waals surface area contributed by atoms with Gasteiger partial charge < -0.3 is 15.5 Å². The molecule has 13 heteroatoms. The summed E-state index contributed by atoms with van der Waals surface area (Å²) < 4.78 is 43.2. The monoisotopic (exact) mass is 474 g/mol. The summed E-state index contributed by atoms with van der Waals surface area (Å²) in [5.41, 5.74) is 2.62. The Hall–Kier alpha value is -3.48. The number of nitrogens with one attached hydrogen (secondary N) is 2. The Morgan fingerprint density at radius 1 is 1.21 bits per heavy atom. The van der Waals surface area contributed by atoms with E-state index in [1.165, 1.54) is 0 Å². The van der Waals surface area contributed by atoms with Gasteiger partial charge in [0.25, 0.3) is 6.43 Å². The summed E-state index contributed by atoms with van der Waals surface area (Å²) in [7, 11) is 1.73. The second-order valence-corrected chi connectivity index (χ2v) is 8.21. The highest BCUT2D eigenvalue weighted by molar-refractivity contribution is 5.89. The van der Waals surface area contributed by atoms with E-state index in [-0.39, 0.29) is 11.7 Å². The first-order valence-corrected chi connectivity index (χ1v) is 11.2. The van der Waals surface area contributed by atoms with Crippen molar-refractivity contribution in [3.8, 4) is 11.3 Å². The van der Waals surface area contributed by atoms with Crippen LogP contribution in [0.15, 0.2) is 24.4 Å². The molecule has 0 radical (unpaired) electrons. The van der Waals surface area contributed by atoms with E-state index in [0.29, 0.717) is 47.0 Å². The summed E-state index contributed by atoms with van der Waals surface area (Å²) in [6.45, 7) is 3.46. The van der Waals surface area contributed by atoms with Gasteiger partial charge in [-0.1, -0.05) is 12.1 Å². The molecule has 0 bridgehead atoms. The lowest BCUT2D eigenvalue weighted by Gasteiger charge is -2.34. The molecule has 0 aliphatic carbocycles. The molecule has 1 aliphatic heterocycles. The standard InChI is InChI=1S/C21H25F3N10/c1-3-32-8-7-15(13(22)10-32)27-21-28-19(25-2)18-12(6-9-33(18)30-21)14-4-5-16-20(26-14)34(31-29-16)11-17(23)24/h4-6,9,13,15,17H,3,7-8,10-11H2,1-2H3,(H2,25,27,28,30). The number of alkyl halides is 3. The van der Waals surface area contributed by atoms with Crippen molar-refractivity contribution in [2.24, 2.45) is 0 Å². The van der Waals surface area contributed by atoms with Crippen molar-refractivity contribution < 1.29 is 13.2 Å². The van der Waals surface area contributed by atoms with E-state index in [2.05, 4.69) is 40.9 Å². The highest BCUT2D eigenvalue weighted by atomic mass is 19.3.